The lowest BCUT2D eigenvalue weighted by molar-refractivity contribution is 0.0256. The molecule has 1 aliphatic carbocycles. The van der Waals surface area contributed by atoms with Gasteiger partial charge in [0.25, 0.3) is 11.8 Å². The lowest BCUT2D eigenvalue weighted by Gasteiger charge is -2.30. The molecule has 2 aromatic rings. The number of aromatic nitrogens is 3. The predicted molar refractivity (Wildman–Crippen MR) is 107 cm³/mol. The standard InChI is InChI=1S/C20H24F2N6O2/c21-20(22)8-11-28(12-20)19-25-10-7-16(27-19)26-13-3-5-14(6-4-13)30-18-15(17(23)29)2-1-9-24-18/h1-2,7,9-10,13-14H,3-6,8,11-12H2,(H2,23,29)(H,25,26,27)/t13-,14-. The maximum Gasteiger partial charge on any atom is 0.267 e. The number of primary amides is 1. The molecule has 160 valence electrons. The van der Waals surface area contributed by atoms with E-state index >= 15 is 0 Å². The fraction of sp³-hybridized carbons (Fsp3) is 0.500. The Balaban J connectivity index is 1.31. The molecular formula is C20H24F2N6O2. The Morgan fingerprint density at radius 2 is 2.00 bits per heavy atom. The molecule has 2 aliphatic rings. The second kappa shape index (κ2) is 8.37. The molecule has 0 bridgehead atoms. The van der Waals surface area contributed by atoms with Gasteiger partial charge >= 0.3 is 0 Å². The molecule has 2 aromatic heterocycles. The molecule has 1 amide bonds. The number of rotatable bonds is 6. The summed E-state index contributed by atoms with van der Waals surface area (Å²) in [6.45, 7) is -0.0978. The summed E-state index contributed by atoms with van der Waals surface area (Å²) in [5.41, 5.74) is 5.65. The van der Waals surface area contributed by atoms with Crippen LogP contribution < -0.4 is 20.7 Å². The van der Waals surface area contributed by atoms with E-state index in [1.807, 2.05) is 0 Å². The SMILES string of the molecule is NC(=O)c1cccnc1O[C@H]1CC[C@H](Nc2ccnc(N3CCC(F)(F)C3)n2)CC1. The molecule has 1 saturated heterocycles. The van der Waals surface area contributed by atoms with Crippen molar-refractivity contribution in [2.45, 2.75) is 50.2 Å². The molecule has 0 aromatic carbocycles. The highest BCUT2D eigenvalue weighted by atomic mass is 19.3. The molecule has 1 aliphatic heterocycles. The average molecular weight is 418 g/mol. The highest BCUT2D eigenvalue weighted by Crippen LogP contribution is 2.30. The highest BCUT2D eigenvalue weighted by Gasteiger charge is 2.39. The van der Waals surface area contributed by atoms with Gasteiger partial charge in [0.1, 0.15) is 17.5 Å². The first-order valence-electron chi connectivity index (χ1n) is 10.0. The third kappa shape index (κ3) is 4.74. The summed E-state index contributed by atoms with van der Waals surface area (Å²) >= 11 is 0. The summed E-state index contributed by atoms with van der Waals surface area (Å²) in [6.07, 6.45) is 6.16. The number of anilines is 2. The molecule has 0 unspecified atom stereocenters. The van der Waals surface area contributed by atoms with Crippen molar-refractivity contribution < 1.29 is 18.3 Å². The van der Waals surface area contributed by atoms with Crippen molar-refractivity contribution in [3.05, 3.63) is 36.2 Å². The van der Waals surface area contributed by atoms with E-state index in [4.69, 9.17) is 10.5 Å². The number of carbonyl (C=O) groups is 1. The Morgan fingerprint density at radius 1 is 1.20 bits per heavy atom. The highest BCUT2D eigenvalue weighted by molar-refractivity contribution is 5.94. The minimum Gasteiger partial charge on any atom is -0.474 e. The van der Waals surface area contributed by atoms with Crippen LogP contribution in [0.3, 0.4) is 0 Å². The zero-order chi connectivity index (χ0) is 21.1. The van der Waals surface area contributed by atoms with E-state index in [0.717, 1.165) is 25.7 Å². The van der Waals surface area contributed by atoms with Gasteiger partial charge in [-0.2, -0.15) is 4.98 Å². The van der Waals surface area contributed by atoms with Crippen LogP contribution in [0.1, 0.15) is 42.5 Å². The Morgan fingerprint density at radius 3 is 2.70 bits per heavy atom. The van der Waals surface area contributed by atoms with Gasteiger partial charge in [0.2, 0.25) is 11.8 Å². The lowest BCUT2D eigenvalue weighted by atomic mass is 9.93. The number of alkyl halides is 2. The van der Waals surface area contributed by atoms with E-state index in [-0.39, 0.29) is 43.1 Å². The second-order valence-electron chi connectivity index (χ2n) is 7.73. The number of nitrogens with one attached hydrogen (secondary N) is 1. The Bertz CT molecular complexity index is 904. The topological polar surface area (TPSA) is 106 Å². The molecule has 8 nitrogen and oxygen atoms in total. The molecule has 4 rings (SSSR count). The van der Waals surface area contributed by atoms with Crippen molar-refractivity contribution in [1.82, 2.24) is 15.0 Å². The van der Waals surface area contributed by atoms with Crippen LogP contribution in [0.15, 0.2) is 30.6 Å². The molecule has 0 radical (unpaired) electrons. The molecule has 2 fully saturated rings. The van der Waals surface area contributed by atoms with Crippen LogP contribution >= 0.6 is 0 Å². The van der Waals surface area contributed by atoms with Gasteiger partial charge in [-0.05, 0) is 43.9 Å². The number of ether oxygens (including phenoxy) is 1. The monoisotopic (exact) mass is 418 g/mol. The van der Waals surface area contributed by atoms with Gasteiger partial charge in [-0.1, -0.05) is 0 Å². The third-order valence-corrected chi connectivity index (χ3v) is 5.44. The number of hydrogen-bond donors (Lipinski definition) is 2. The maximum atomic E-state index is 13.5. The summed E-state index contributed by atoms with van der Waals surface area (Å²) in [5, 5.41) is 3.37. The van der Waals surface area contributed by atoms with E-state index in [2.05, 4.69) is 20.3 Å². The summed E-state index contributed by atoms with van der Waals surface area (Å²) in [7, 11) is 0. The van der Waals surface area contributed by atoms with E-state index < -0.39 is 11.8 Å². The van der Waals surface area contributed by atoms with Crippen molar-refractivity contribution in [2.24, 2.45) is 5.73 Å². The first-order chi connectivity index (χ1) is 14.4. The quantitative estimate of drug-likeness (QED) is 0.743. The molecule has 3 heterocycles. The normalized spacial score (nSPS) is 23.2. The smallest absolute Gasteiger partial charge is 0.267 e. The van der Waals surface area contributed by atoms with Crippen LogP contribution in [0, 0.1) is 0 Å². The number of carbonyl (C=O) groups excluding carboxylic acids is 1. The number of halogens is 2. The summed E-state index contributed by atoms with van der Waals surface area (Å²) < 4.78 is 32.8. The zero-order valence-corrected chi connectivity index (χ0v) is 16.4. The van der Waals surface area contributed by atoms with Crippen molar-refractivity contribution in [1.29, 1.82) is 0 Å². The molecule has 3 N–H and O–H groups in total. The number of pyridine rings is 1. The van der Waals surface area contributed by atoms with E-state index in [0.29, 0.717) is 11.8 Å². The molecule has 0 spiro atoms. The second-order valence-corrected chi connectivity index (χ2v) is 7.73. The fourth-order valence-corrected chi connectivity index (χ4v) is 3.85. The largest absolute Gasteiger partial charge is 0.474 e. The molecule has 1 saturated carbocycles. The summed E-state index contributed by atoms with van der Waals surface area (Å²) in [4.78, 5) is 25.7. The molecule has 10 heteroatoms. The fourth-order valence-electron chi connectivity index (χ4n) is 3.85. The van der Waals surface area contributed by atoms with Crippen LogP contribution in [-0.2, 0) is 0 Å². The van der Waals surface area contributed by atoms with Gasteiger partial charge in [0.05, 0.1) is 6.54 Å². The molecule has 0 atom stereocenters. The Kier molecular flexibility index (Phi) is 5.65. The van der Waals surface area contributed by atoms with Gasteiger partial charge in [-0.15, -0.1) is 0 Å². The molecule has 30 heavy (non-hydrogen) atoms. The summed E-state index contributed by atoms with van der Waals surface area (Å²) in [6, 6.07) is 5.17. The van der Waals surface area contributed by atoms with E-state index in [9.17, 15) is 13.6 Å². The first-order valence-corrected chi connectivity index (χ1v) is 10.0. The maximum absolute atomic E-state index is 13.5. The molecular weight excluding hydrogens is 394 g/mol. The van der Waals surface area contributed by atoms with Crippen molar-refractivity contribution >= 4 is 17.7 Å². The number of nitrogens with zero attached hydrogens (tertiary/aromatic N) is 4. The lowest BCUT2D eigenvalue weighted by Crippen LogP contribution is -2.32. The van der Waals surface area contributed by atoms with E-state index in [1.165, 1.54) is 4.90 Å². The van der Waals surface area contributed by atoms with Gasteiger partial charge in [0.15, 0.2) is 0 Å². The summed E-state index contributed by atoms with van der Waals surface area (Å²) in [5.74, 6) is -2.04. The zero-order valence-electron chi connectivity index (χ0n) is 16.4. The number of nitrogens with two attached hydrogens (primary N) is 1. The van der Waals surface area contributed by atoms with Crippen LogP contribution in [0.25, 0.3) is 0 Å². The number of hydrogen-bond acceptors (Lipinski definition) is 7. The van der Waals surface area contributed by atoms with E-state index in [1.54, 1.807) is 30.6 Å². The predicted octanol–water partition coefficient (Wildman–Crippen LogP) is 2.62. The van der Waals surface area contributed by atoms with Gasteiger partial charge in [-0.25, -0.2) is 18.7 Å². The van der Waals surface area contributed by atoms with Crippen LogP contribution in [0.4, 0.5) is 20.5 Å². The van der Waals surface area contributed by atoms with Crippen molar-refractivity contribution in [3.8, 4) is 5.88 Å². The first kappa shape index (κ1) is 20.2. The van der Waals surface area contributed by atoms with Crippen molar-refractivity contribution in [3.63, 3.8) is 0 Å². The van der Waals surface area contributed by atoms with Crippen LogP contribution in [0.5, 0.6) is 5.88 Å². The Labute approximate surface area is 172 Å². The average Bonchev–Trinajstić information content (AvgIpc) is 3.10. The van der Waals surface area contributed by atoms with Gasteiger partial charge < -0.3 is 20.7 Å². The van der Waals surface area contributed by atoms with Crippen LogP contribution in [0.2, 0.25) is 0 Å². The van der Waals surface area contributed by atoms with Crippen molar-refractivity contribution in [2.75, 3.05) is 23.3 Å². The minimum atomic E-state index is -2.69. The van der Waals surface area contributed by atoms with Gasteiger partial charge in [-0.3, -0.25) is 4.79 Å². The third-order valence-electron chi connectivity index (χ3n) is 5.44. The Hall–Kier alpha value is -3.04. The van der Waals surface area contributed by atoms with Gasteiger partial charge in [0, 0.05) is 31.4 Å². The minimum absolute atomic E-state index is 0.0520. The van der Waals surface area contributed by atoms with Crippen LogP contribution in [-0.4, -0.2) is 52.0 Å². The number of amides is 1.